The minimum absolute atomic E-state index is 0.0976. The number of nitro benzene ring substituents is 1. The Kier molecular flexibility index (Phi) is 6.41. The maximum Gasteiger partial charge on any atom is 0.303 e. The van der Waals surface area contributed by atoms with Crippen LogP contribution < -0.4 is 9.47 Å². The molecule has 7 nitrogen and oxygen atoms in total. The van der Waals surface area contributed by atoms with E-state index >= 15 is 0 Å². The molecule has 0 aliphatic carbocycles. The van der Waals surface area contributed by atoms with Crippen molar-refractivity contribution < 1.29 is 19.4 Å². The smallest absolute Gasteiger partial charge is 0.303 e. The third kappa shape index (κ3) is 4.60. The minimum Gasteiger partial charge on any atom is -0.481 e. The number of aliphatic carboxylic acids is 1. The minimum atomic E-state index is -0.744. The van der Waals surface area contributed by atoms with Crippen LogP contribution in [0.5, 0.6) is 0 Å². The molecule has 4 rings (SSSR count). The number of nitrogens with zero attached hydrogens (tertiary/aromatic N) is 3. The van der Waals surface area contributed by atoms with Crippen LogP contribution in [0.3, 0.4) is 0 Å². The van der Waals surface area contributed by atoms with Crippen LogP contribution in [0.4, 0.5) is 11.4 Å². The Hall–Kier alpha value is -3.39. The first-order valence-corrected chi connectivity index (χ1v) is 11.3. The third-order valence-electron chi connectivity index (χ3n) is 5.59. The number of carboxylic acid groups (broad SMARTS) is 1. The van der Waals surface area contributed by atoms with Crippen molar-refractivity contribution in [1.82, 2.24) is 0 Å². The summed E-state index contributed by atoms with van der Waals surface area (Å²) in [6, 6.07) is 15.3. The molecule has 0 amide bonds. The lowest BCUT2D eigenvalue weighted by molar-refractivity contribution is -0.671. The molecular formula is C24H24N3O4S+. The molecule has 0 fully saturated rings. The van der Waals surface area contributed by atoms with Gasteiger partial charge in [-0.1, -0.05) is 23.9 Å². The number of unbranched alkanes of at least 4 members (excludes halogenated alkanes) is 2. The fraction of sp³-hybridized carbons (Fsp3) is 0.250. The molecule has 0 radical (unpaired) electrons. The molecule has 0 bridgehead atoms. The molecule has 2 aromatic carbocycles. The largest absolute Gasteiger partial charge is 0.481 e. The number of hydrogen-bond donors (Lipinski definition) is 1. The Morgan fingerprint density at radius 3 is 2.78 bits per heavy atom. The molecule has 1 aliphatic heterocycles. The Morgan fingerprint density at radius 2 is 2.00 bits per heavy atom. The second-order valence-electron chi connectivity index (χ2n) is 7.74. The number of benzene rings is 2. The first kappa shape index (κ1) is 21.8. The van der Waals surface area contributed by atoms with Gasteiger partial charge < -0.3 is 10.0 Å². The molecule has 0 unspecified atom stereocenters. The van der Waals surface area contributed by atoms with Crippen molar-refractivity contribution in [3.05, 3.63) is 75.4 Å². The van der Waals surface area contributed by atoms with Gasteiger partial charge in [-0.05, 0) is 36.6 Å². The normalized spacial score (nSPS) is 14.2. The summed E-state index contributed by atoms with van der Waals surface area (Å²) in [5.41, 5.74) is 3.27. The Balaban J connectivity index is 1.58. The summed E-state index contributed by atoms with van der Waals surface area (Å²) in [4.78, 5) is 24.4. The number of fused-ring (bicyclic) bond motifs is 2. The maximum atomic E-state index is 11.1. The van der Waals surface area contributed by atoms with E-state index in [9.17, 15) is 14.9 Å². The number of carbonyl (C=O) groups is 1. The van der Waals surface area contributed by atoms with E-state index in [0.717, 1.165) is 51.5 Å². The lowest BCUT2D eigenvalue weighted by Gasteiger charge is -2.13. The van der Waals surface area contributed by atoms with Gasteiger partial charge in [0, 0.05) is 49.1 Å². The number of carboxylic acids is 1. The van der Waals surface area contributed by atoms with Gasteiger partial charge in [-0.15, -0.1) is 0 Å². The first-order chi connectivity index (χ1) is 15.4. The zero-order valence-corrected chi connectivity index (χ0v) is 18.5. The van der Waals surface area contributed by atoms with E-state index in [1.807, 2.05) is 19.2 Å². The van der Waals surface area contributed by atoms with E-state index in [0.29, 0.717) is 6.42 Å². The molecule has 32 heavy (non-hydrogen) atoms. The molecule has 2 heterocycles. The number of aromatic nitrogens is 1. The molecule has 1 aromatic heterocycles. The number of aryl methyl sites for hydroxylation is 1. The molecule has 3 aromatic rings. The predicted octanol–water partition coefficient (Wildman–Crippen LogP) is 5.22. The molecule has 0 saturated carbocycles. The van der Waals surface area contributed by atoms with Crippen LogP contribution in [-0.4, -0.2) is 23.0 Å². The Morgan fingerprint density at radius 1 is 1.19 bits per heavy atom. The van der Waals surface area contributed by atoms with Crippen molar-refractivity contribution >= 4 is 46.1 Å². The molecular weight excluding hydrogens is 426 g/mol. The second-order valence-corrected chi connectivity index (χ2v) is 8.80. The van der Waals surface area contributed by atoms with Gasteiger partial charge in [0.2, 0.25) is 5.52 Å². The zero-order chi connectivity index (χ0) is 22.7. The summed E-state index contributed by atoms with van der Waals surface area (Å²) >= 11 is 1.53. The topological polar surface area (TPSA) is 87.6 Å². The number of para-hydroxylation sites is 1. The molecule has 0 saturated heterocycles. The van der Waals surface area contributed by atoms with Gasteiger partial charge in [-0.25, -0.2) is 0 Å². The third-order valence-corrected chi connectivity index (χ3v) is 6.74. The number of rotatable bonds is 8. The predicted molar refractivity (Wildman–Crippen MR) is 126 cm³/mol. The second kappa shape index (κ2) is 9.40. The van der Waals surface area contributed by atoms with Crippen molar-refractivity contribution in [2.45, 2.75) is 37.1 Å². The maximum absolute atomic E-state index is 11.1. The van der Waals surface area contributed by atoms with Crippen LogP contribution in [0.25, 0.3) is 17.0 Å². The van der Waals surface area contributed by atoms with Crippen LogP contribution in [0.1, 0.15) is 31.2 Å². The molecule has 1 N–H and O–H groups in total. The lowest BCUT2D eigenvalue weighted by atomic mass is 10.1. The zero-order valence-electron chi connectivity index (χ0n) is 17.7. The van der Waals surface area contributed by atoms with Gasteiger partial charge >= 0.3 is 5.97 Å². The van der Waals surface area contributed by atoms with Crippen molar-refractivity contribution in [1.29, 1.82) is 0 Å². The highest BCUT2D eigenvalue weighted by atomic mass is 32.2. The van der Waals surface area contributed by atoms with E-state index in [1.54, 1.807) is 12.1 Å². The molecule has 1 aliphatic rings. The quantitative estimate of drug-likeness (QED) is 0.219. The van der Waals surface area contributed by atoms with Crippen molar-refractivity contribution in [2.24, 2.45) is 0 Å². The van der Waals surface area contributed by atoms with E-state index in [4.69, 9.17) is 5.11 Å². The van der Waals surface area contributed by atoms with Gasteiger partial charge in [0.1, 0.15) is 6.54 Å². The average molecular weight is 451 g/mol. The fourth-order valence-corrected chi connectivity index (χ4v) is 5.03. The van der Waals surface area contributed by atoms with Crippen LogP contribution in [-0.2, 0) is 11.3 Å². The van der Waals surface area contributed by atoms with Gasteiger partial charge in [-0.3, -0.25) is 14.9 Å². The Bertz CT molecular complexity index is 1230. The van der Waals surface area contributed by atoms with Crippen molar-refractivity contribution in [2.75, 3.05) is 11.9 Å². The van der Waals surface area contributed by atoms with Crippen LogP contribution in [0, 0.1) is 10.1 Å². The summed E-state index contributed by atoms with van der Waals surface area (Å²) < 4.78 is 2.21. The highest BCUT2D eigenvalue weighted by Gasteiger charge is 2.25. The Labute approximate surface area is 190 Å². The number of hydrogen-bond acceptors (Lipinski definition) is 5. The summed E-state index contributed by atoms with van der Waals surface area (Å²) in [6.07, 6.45) is 6.91. The summed E-state index contributed by atoms with van der Waals surface area (Å²) in [6.45, 7) is 0.834. The van der Waals surface area contributed by atoms with E-state index in [-0.39, 0.29) is 17.0 Å². The highest BCUT2D eigenvalue weighted by molar-refractivity contribution is 8.03. The lowest BCUT2D eigenvalue weighted by Crippen LogP contribution is -2.34. The summed E-state index contributed by atoms with van der Waals surface area (Å²) in [5, 5.41) is 22.0. The van der Waals surface area contributed by atoms with Crippen LogP contribution in [0.2, 0.25) is 0 Å². The van der Waals surface area contributed by atoms with Gasteiger partial charge in [0.15, 0.2) is 6.20 Å². The first-order valence-electron chi connectivity index (χ1n) is 10.5. The standard InChI is InChI=1S/C24H23N3O4S/c1-25-21-11-10-18(27(30)31)16-22(21)32-23(25)15-17-12-14-26(13-6-2-3-9-24(28)29)20-8-5-4-7-19(17)20/h4-5,7-8,10-12,14-16H,2-3,6,9,13H2,1H3/p+1. The van der Waals surface area contributed by atoms with Crippen molar-refractivity contribution in [3.63, 3.8) is 0 Å². The SMILES string of the molecule is CN1/C(=C/c2cc[n+](CCCCCC(=O)O)c3ccccc23)Sc2cc([N+](=O)[O-])ccc21. The summed E-state index contributed by atoms with van der Waals surface area (Å²) in [5.74, 6) is -0.744. The van der Waals surface area contributed by atoms with E-state index < -0.39 is 5.97 Å². The number of pyridine rings is 1. The van der Waals surface area contributed by atoms with Crippen LogP contribution in [0.15, 0.2) is 64.7 Å². The molecule has 0 spiro atoms. The summed E-state index contributed by atoms with van der Waals surface area (Å²) in [7, 11) is 1.97. The number of non-ortho nitro benzene ring substituents is 1. The molecule has 0 atom stereocenters. The average Bonchev–Trinajstić information content (AvgIpc) is 3.09. The van der Waals surface area contributed by atoms with Gasteiger partial charge in [0.05, 0.1) is 21.0 Å². The van der Waals surface area contributed by atoms with Crippen molar-refractivity contribution in [3.8, 4) is 0 Å². The highest BCUT2D eigenvalue weighted by Crippen LogP contribution is 2.47. The van der Waals surface area contributed by atoms with Gasteiger partial charge in [-0.2, -0.15) is 4.57 Å². The van der Waals surface area contributed by atoms with Crippen LogP contribution >= 0.6 is 11.8 Å². The number of thioether (sulfide) groups is 1. The fourth-order valence-electron chi connectivity index (χ4n) is 3.90. The molecule has 8 heteroatoms. The number of nitro groups is 1. The number of anilines is 1. The molecule has 164 valence electrons. The monoisotopic (exact) mass is 450 g/mol. The van der Waals surface area contributed by atoms with E-state index in [2.05, 4.69) is 39.9 Å². The van der Waals surface area contributed by atoms with E-state index in [1.165, 1.54) is 17.8 Å². The van der Waals surface area contributed by atoms with Gasteiger partial charge in [0.25, 0.3) is 5.69 Å².